The third kappa shape index (κ3) is 4.09. The van der Waals surface area contributed by atoms with E-state index in [9.17, 15) is 13.5 Å². The first-order valence-corrected chi connectivity index (χ1v) is 7.85. The SMILES string of the molecule is COC(O)c1cc(N)c(I)cc1CS(C)(=O)=O. The lowest BCUT2D eigenvalue weighted by atomic mass is 10.1. The molecule has 1 aromatic carbocycles. The van der Waals surface area contributed by atoms with E-state index in [1.54, 1.807) is 6.07 Å². The van der Waals surface area contributed by atoms with Crippen LogP contribution in [0.25, 0.3) is 0 Å². The summed E-state index contributed by atoms with van der Waals surface area (Å²) in [7, 11) is -1.85. The lowest BCUT2D eigenvalue weighted by Crippen LogP contribution is -2.10. The van der Waals surface area contributed by atoms with Crippen molar-refractivity contribution in [2.75, 3.05) is 19.1 Å². The maximum atomic E-state index is 11.3. The van der Waals surface area contributed by atoms with Gasteiger partial charge in [0, 0.05) is 28.2 Å². The first-order chi connectivity index (χ1) is 7.74. The Kier molecular flexibility index (Phi) is 4.76. The molecule has 0 saturated carbocycles. The van der Waals surface area contributed by atoms with Gasteiger partial charge in [-0.3, -0.25) is 0 Å². The van der Waals surface area contributed by atoms with Gasteiger partial charge in [-0.2, -0.15) is 0 Å². The average Bonchev–Trinajstić information content (AvgIpc) is 2.20. The Morgan fingerprint density at radius 2 is 2.12 bits per heavy atom. The topological polar surface area (TPSA) is 89.6 Å². The van der Waals surface area contributed by atoms with Gasteiger partial charge in [0.25, 0.3) is 0 Å². The van der Waals surface area contributed by atoms with Gasteiger partial charge in [-0.25, -0.2) is 8.42 Å². The number of anilines is 1. The molecule has 1 unspecified atom stereocenters. The molecule has 5 nitrogen and oxygen atoms in total. The molecule has 0 aromatic heterocycles. The maximum Gasteiger partial charge on any atom is 0.181 e. The molecule has 0 spiro atoms. The Labute approximate surface area is 114 Å². The zero-order valence-electron chi connectivity index (χ0n) is 9.47. The van der Waals surface area contributed by atoms with Crippen LogP contribution in [-0.2, 0) is 20.3 Å². The minimum Gasteiger partial charge on any atom is -0.398 e. The van der Waals surface area contributed by atoms with Crippen LogP contribution in [0.15, 0.2) is 12.1 Å². The number of sulfone groups is 1. The van der Waals surface area contributed by atoms with E-state index >= 15 is 0 Å². The van der Waals surface area contributed by atoms with Crippen molar-refractivity contribution >= 4 is 38.1 Å². The molecule has 96 valence electrons. The van der Waals surface area contributed by atoms with Gasteiger partial charge in [0.2, 0.25) is 0 Å². The smallest absolute Gasteiger partial charge is 0.181 e. The van der Waals surface area contributed by atoms with Crippen LogP contribution in [0.4, 0.5) is 5.69 Å². The summed E-state index contributed by atoms with van der Waals surface area (Å²) in [6, 6.07) is 3.19. The fraction of sp³-hybridized carbons (Fsp3) is 0.400. The molecule has 1 rings (SSSR count). The van der Waals surface area contributed by atoms with Crippen molar-refractivity contribution in [2.24, 2.45) is 0 Å². The van der Waals surface area contributed by atoms with E-state index in [0.717, 1.165) is 9.83 Å². The summed E-state index contributed by atoms with van der Waals surface area (Å²) < 4.78 is 28.1. The lowest BCUT2D eigenvalue weighted by Gasteiger charge is -2.15. The Hall–Kier alpha value is -0.380. The van der Waals surface area contributed by atoms with Gasteiger partial charge in [-0.1, -0.05) is 0 Å². The monoisotopic (exact) mass is 371 g/mol. The lowest BCUT2D eigenvalue weighted by molar-refractivity contribution is -0.0773. The van der Waals surface area contributed by atoms with E-state index in [2.05, 4.69) is 0 Å². The van der Waals surface area contributed by atoms with Crippen molar-refractivity contribution in [3.8, 4) is 0 Å². The van der Waals surface area contributed by atoms with Gasteiger partial charge in [0.15, 0.2) is 16.1 Å². The molecule has 7 heteroatoms. The third-order valence-electron chi connectivity index (χ3n) is 2.17. The fourth-order valence-electron chi connectivity index (χ4n) is 1.41. The second kappa shape index (κ2) is 5.51. The number of nitrogens with two attached hydrogens (primary N) is 1. The summed E-state index contributed by atoms with van der Waals surface area (Å²) in [5, 5.41) is 9.65. The van der Waals surface area contributed by atoms with Crippen molar-refractivity contribution in [2.45, 2.75) is 12.0 Å². The second-order valence-corrected chi connectivity index (χ2v) is 7.03. The van der Waals surface area contributed by atoms with Crippen LogP contribution in [-0.4, -0.2) is 26.9 Å². The zero-order valence-corrected chi connectivity index (χ0v) is 12.4. The fourth-order valence-corrected chi connectivity index (χ4v) is 2.76. The molecule has 0 aliphatic rings. The molecule has 17 heavy (non-hydrogen) atoms. The van der Waals surface area contributed by atoms with Crippen LogP contribution in [0, 0.1) is 3.57 Å². The first kappa shape index (κ1) is 14.7. The van der Waals surface area contributed by atoms with Crippen LogP contribution < -0.4 is 5.73 Å². The number of nitrogen functional groups attached to an aromatic ring is 1. The normalized spacial score (nSPS) is 13.6. The van der Waals surface area contributed by atoms with E-state index in [-0.39, 0.29) is 5.75 Å². The predicted molar refractivity (Wildman–Crippen MR) is 74.1 cm³/mol. The van der Waals surface area contributed by atoms with Gasteiger partial charge in [0.1, 0.15) is 0 Å². The molecule has 0 saturated heterocycles. The highest BCUT2D eigenvalue weighted by Crippen LogP contribution is 2.27. The van der Waals surface area contributed by atoms with Gasteiger partial charge in [-0.05, 0) is 40.3 Å². The van der Waals surface area contributed by atoms with Crippen LogP contribution in [0.5, 0.6) is 0 Å². The van der Waals surface area contributed by atoms with E-state index in [1.165, 1.54) is 13.2 Å². The van der Waals surface area contributed by atoms with Crippen molar-refractivity contribution < 1.29 is 18.3 Å². The molecule has 3 N–H and O–H groups in total. The summed E-state index contributed by atoms with van der Waals surface area (Å²) in [5.74, 6) is -0.154. The van der Waals surface area contributed by atoms with Gasteiger partial charge >= 0.3 is 0 Å². The van der Waals surface area contributed by atoms with Crippen molar-refractivity contribution in [3.05, 3.63) is 26.8 Å². The summed E-state index contributed by atoms with van der Waals surface area (Å²) in [5.41, 5.74) is 7.09. The number of benzene rings is 1. The molecule has 0 bridgehead atoms. The second-order valence-electron chi connectivity index (χ2n) is 3.73. The highest BCUT2D eigenvalue weighted by molar-refractivity contribution is 14.1. The Morgan fingerprint density at radius 1 is 1.53 bits per heavy atom. The number of halogens is 1. The summed E-state index contributed by atoms with van der Waals surface area (Å²) in [6.07, 6.45) is -0.0369. The molecule has 1 atom stereocenters. The van der Waals surface area contributed by atoms with Crippen molar-refractivity contribution in [3.63, 3.8) is 0 Å². The number of methoxy groups -OCH3 is 1. The summed E-state index contributed by atoms with van der Waals surface area (Å²) in [6.45, 7) is 0. The average molecular weight is 371 g/mol. The number of ether oxygens (including phenoxy) is 1. The summed E-state index contributed by atoms with van der Waals surface area (Å²) in [4.78, 5) is 0. The number of aliphatic hydroxyl groups excluding tert-OH is 1. The quantitative estimate of drug-likeness (QED) is 0.469. The molecule has 0 aliphatic heterocycles. The molecule has 0 fully saturated rings. The molecule has 0 amide bonds. The van der Waals surface area contributed by atoms with E-state index < -0.39 is 16.1 Å². The van der Waals surface area contributed by atoms with Crippen molar-refractivity contribution in [1.29, 1.82) is 0 Å². The highest BCUT2D eigenvalue weighted by Gasteiger charge is 2.17. The standard InChI is InChI=1S/C10H14INO4S/c1-16-10(13)7-4-9(12)8(11)3-6(7)5-17(2,14)15/h3-4,10,13H,5,12H2,1-2H3. The number of aliphatic hydroxyl groups is 1. The van der Waals surface area contributed by atoms with Gasteiger partial charge in [-0.15, -0.1) is 0 Å². The number of hydrogen-bond donors (Lipinski definition) is 2. The molecule has 1 aromatic rings. The minimum absolute atomic E-state index is 0.154. The zero-order chi connectivity index (χ0) is 13.2. The summed E-state index contributed by atoms with van der Waals surface area (Å²) >= 11 is 2.01. The third-order valence-corrected chi connectivity index (χ3v) is 3.94. The Bertz CT molecular complexity index is 515. The molecule has 0 radical (unpaired) electrons. The van der Waals surface area contributed by atoms with Crippen LogP contribution >= 0.6 is 22.6 Å². The minimum atomic E-state index is -3.18. The largest absolute Gasteiger partial charge is 0.398 e. The van der Waals surface area contributed by atoms with Crippen LogP contribution in [0.1, 0.15) is 17.4 Å². The van der Waals surface area contributed by atoms with E-state index in [0.29, 0.717) is 16.8 Å². The molecular weight excluding hydrogens is 357 g/mol. The van der Waals surface area contributed by atoms with Crippen LogP contribution in [0.3, 0.4) is 0 Å². The van der Waals surface area contributed by atoms with Crippen molar-refractivity contribution in [1.82, 2.24) is 0 Å². The number of hydrogen-bond acceptors (Lipinski definition) is 5. The van der Waals surface area contributed by atoms with Gasteiger partial charge < -0.3 is 15.6 Å². The highest BCUT2D eigenvalue weighted by atomic mass is 127. The molecule has 0 heterocycles. The van der Waals surface area contributed by atoms with Crippen LogP contribution in [0.2, 0.25) is 0 Å². The van der Waals surface area contributed by atoms with E-state index in [1.807, 2.05) is 22.6 Å². The number of rotatable bonds is 4. The van der Waals surface area contributed by atoms with E-state index in [4.69, 9.17) is 10.5 Å². The van der Waals surface area contributed by atoms with Gasteiger partial charge in [0.05, 0.1) is 5.75 Å². The predicted octanol–water partition coefficient (Wildman–Crippen LogP) is 1.06. The molecule has 0 aliphatic carbocycles. The molecular formula is C10H14INO4S. The first-order valence-electron chi connectivity index (χ1n) is 4.71. The Balaban J connectivity index is 3.30. The Morgan fingerprint density at radius 3 is 2.59 bits per heavy atom. The maximum absolute atomic E-state index is 11.3.